The summed E-state index contributed by atoms with van der Waals surface area (Å²) in [5.74, 6) is 1.79. The van der Waals surface area contributed by atoms with Crippen LogP contribution in [0.15, 0.2) is 12.3 Å². The zero-order valence-corrected chi connectivity index (χ0v) is 10.6. The van der Waals surface area contributed by atoms with E-state index in [1.54, 1.807) is 0 Å². The van der Waals surface area contributed by atoms with Crippen molar-refractivity contribution in [2.75, 3.05) is 37.0 Å². The summed E-state index contributed by atoms with van der Waals surface area (Å²) in [6, 6.07) is 1.97. The van der Waals surface area contributed by atoms with Crippen LogP contribution in [0.5, 0.6) is 0 Å². The van der Waals surface area contributed by atoms with Gasteiger partial charge in [-0.1, -0.05) is 15.9 Å². The van der Waals surface area contributed by atoms with Crippen LogP contribution in [0.4, 0.5) is 11.8 Å². The summed E-state index contributed by atoms with van der Waals surface area (Å²) < 4.78 is 0. The molecule has 82 valence electrons. The number of nitrogens with zero attached hydrogens (tertiary/aromatic N) is 4. The highest BCUT2D eigenvalue weighted by molar-refractivity contribution is 9.09. The quantitative estimate of drug-likeness (QED) is 0.763. The first-order chi connectivity index (χ1) is 7.16. The van der Waals surface area contributed by atoms with Crippen LogP contribution < -0.4 is 9.80 Å². The van der Waals surface area contributed by atoms with Gasteiger partial charge in [-0.25, -0.2) is 4.98 Å². The third-order valence-corrected chi connectivity index (χ3v) is 3.23. The molecule has 1 fully saturated rings. The third-order valence-electron chi connectivity index (χ3n) is 2.48. The fourth-order valence-electron chi connectivity index (χ4n) is 1.66. The molecule has 1 aromatic heterocycles. The van der Waals surface area contributed by atoms with Crippen LogP contribution in [-0.4, -0.2) is 42.0 Å². The molecule has 1 aliphatic rings. The van der Waals surface area contributed by atoms with Crippen molar-refractivity contribution in [2.45, 2.75) is 11.2 Å². The predicted octanol–water partition coefficient (Wildman–Crippen LogP) is 1.52. The Balaban J connectivity index is 2.18. The minimum absolute atomic E-state index is 0.593. The van der Waals surface area contributed by atoms with Crippen molar-refractivity contribution >= 4 is 27.7 Å². The number of hydrogen-bond acceptors (Lipinski definition) is 4. The Morgan fingerprint density at radius 1 is 1.53 bits per heavy atom. The number of aromatic nitrogens is 2. The van der Waals surface area contributed by atoms with Gasteiger partial charge in [-0.3, -0.25) is 0 Å². The maximum atomic E-state index is 4.51. The van der Waals surface area contributed by atoms with Gasteiger partial charge in [0.05, 0.1) is 0 Å². The zero-order valence-electron chi connectivity index (χ0n) is 9.02. The molecule has 0 spiro atoms. The molecule has 0 saturated carbocycles. The second-order valence-electron chi connectivity index (χ2n) is 3.94. The van der Waals surface area contributed by atoms with Crippen molar-refractivity contribution in [2.24, 2.45) is 0 Å². The van der Waals surface area contributed by atoms with E-state index < -0.39 is 0 Å². The number of alkyl halides is 1. The monoisotopic (exact) mass is 270 g/mol. The van der Waals surface area contributed by atoms with Crippen LogP contribution >= 0.6 is 15.9 Å². The summed E-state index contributed by atoms with van der Waals surface area (Å²) in [5, 5.41) is 0. The highest BCUT2D eigenvalue weighted by Gasteiger charge is 2.21. The van der Waals surface area contributed by atoms with Gasteiger partial charge in [0.25, 0.3) is 0 Å². The van der Waals surface area contributed by atoms with E-state index in [0.29, 0.717) is 4.83 Å². The molecule has 2 heterocycles. The lowest BCUT2D eigenvalue weighted by Gasteiger charge is -2.18. The molecule has 1 unspecified atom stereocenters. The molecule has 4 nitrogen and oxygen atoms in total. The van der Waals surface area contributed by atoms with E-state index in [9.17, 15) is 0 Å². The first-order valence-corrected chi connectivity index (χ1v) is 5.98. The zero-order chi connectivity index (χ0) is 10.8. The number of halogens is 1. The van der Waals surface area contributed by atoms with E-state index >= 15 is 0 Å². The van der Waals surface area contributed by atoms with Crippen LogP contribution in [0.2, 0.25) is 0 Å². The SMILES string of the molecule is CN(C)c1nccc(N2CCC(Br)C2)n1. The molecule has 0 radical (unpaired) electrons. The van der Waals surface area contributed by atoms with Gasteiger partial charge in [0.1, 0.15) is 5.82 Å². The van der Waals surface area contributed by atoms with Gasteiger partial charge in [0.15, 0.2) is 0 Å². The topological polar surface area (TPSA) is 32.3 Å². The highest BCUT2D eigenvalue weighted by Crippen LogP contribution is 2.22. The van der Waals surface area contributed by atoms with Crippen molar-refractivity contribution in [3.8, 4) is 0 Å². The normalized spacial score (nSPS) is 20.7. The Labute approximate surface area is 98.4 Å². The third kappa shape index (κ3) is 2.40. The van der Waals surface area contributed by atoms with Crippen LogP contribution in [-0.2, 0) is 0 Å². The van der Waals surface area contributed by atoms with E-state index in [2.05, 4.69) is 30.8 Å². The number of hydrogen-bond donors (Lipinski definition) is 0. The van der Waals surface area contributed by atoms with Crippen LogP contribution in [0.1, 0.15) is 6.42 Å². The summed E-state index contributed by atoms with van der Waals surface area (Å²) in [6.45, 7) is 2.10. The molecule has 5 heteroatoms. The number of rotatable bonds is 2. The second-order valence-corrected chi connectivity index (χ2v) is 5.24. The van der Waals surface area contributed by atoms with Crippen molar-refractivity contribution in [3.63, 3.8) is 0 Å². The first-order valence-electron chi connectivity index (χ1n) is 5.06. The van der Waals surface area contributed by atoms with Gasteiger partial charge in [-0.05, 0) is 12.5 Å². The molecule has 0 aromatic carbocycles. The molecule has 0 bridgehead atoms. The van der Waals surface area contributed by atoms with E-state index in [1.807, 2.05) is 31.3 Å². The summed E-state index contributed by atoms with van der Waals surface area (Å²) in [7, 11) is 3.91. The van der Waals surface area contributed by atoms with Crippen molar-refractivity contribution in [1.29, 1.82) is 0 Å². The largest absolute Gasteiger partial charge is 0.355 e. The first kappa shape index (κ1) is 10.7. The Kier molecular flexibility index (Phi) is 3.09. The van der Waals surface area contributed by atoms with Crippen molar-refractivity contribution in [3.05, 3.63) is 12.3 Å². The van der Waals surface area contributed by atoms with Gasteiger partial charge in [0.2, 0.25) is 5.95 Å². The predicted molar refractivity (Wildman–Crippen MR) is 65.9 cm³/mol. The Bertz CT molecular complexity index is 342. The summed E-state index contributed by atoms with van der Waals surface area (Å²) >= 11 is 3.63. The van der Waals surface area contributed by atoms with E-state index in [1.165, 1.54) is 6.42 Å². The van der Waals surface area contributed by atoms with Gasteiger partial charge in [-0.15, -0.1) is 0 Å². The van der Waals surface area contributed by atoms with Crippen LogP contribution in [0.3, 0.4) is 0 Å². The molecular weight excluding hydrogens is 256 g/mol. The minimum atomic E-state index is 0.593. The lowest BCUT2D eigenvalue weighted by molar-refractivity contribution is 0.910. The fourth-order valence-corrected chi connectivity index (χ4v) is 2.21. The average Bonchev–Trinajstić information content (AvgIpc) is 2.65. The number of anilines is 2. The second kappa shape index (κ2) is 4.35. The molecular formula is C10H15BrN4. The van der Waals surface area contributed by atoms with E-state index in [-0.39, 0.29) is 0 Å². The molecule has 15 heavy (non-hydrogen) atoms. The van der Waals surface area contributed by atoms with Crippen molar-refractivity contribution < 1.29 is 0 Å². The molecule has 2 rings (SSSR count). The average molecular weight is 271 g/mol. The van der Waals surface area contributed by atoms with E-state index in [0.717, 1.165) is 24.9 Å². The Morgan fingerprint density at radius 3 is 2.93 bits per heavy atom. The molecule has 1 aliphatic heterocycles. The van der Waals surface area contributed by atoms with Crippen LogP contribution in [0.25, 0.3) is 0 Å². The molecule has 1 saturated heterocycles. The van der Waals surface area contributed by atoms with Gasteiger partial charge in [-0.2, -0.15) is 4.98 Å². The molecule has 1 aromatic rings. The minimum Gasteiger partial charge on any atom is -0.355 e. The van der Waals surface area contributed by atoms with Crippen LogP contribution in [0, 0.1) is 0 Å². The summed E-state index contributed by atoms with van der Waals surface area (Å²) in [5.41, 5.74) is 0. The van der Waals surface area contributed by atoms with Crippen molar-refractivity contribution in [1.82, 2.24) is 9.97 Å². The summed E-state index contributed by atoms with van der Waals surface area (Å²) in [6.07, 6.45) is 3.00. The van der Waals surface area contributed by atoms with Gasteiger partial charge < -0.3 is 9.80 Å². The molecule has 0 aliphatic carbocycles. The van der Waals surface area contributed by atoms with E-state index in [4.69, 9.17) is 0 Å². The standard InChI is InChI=1S/C10H15BrN4/c1-14(2)10-12-5-3-9(13-10)15-6-4-8(11)7-15/h3,5,8H,4,6-7H2,1-2H3. The summed E-state index contributed by atoms with van der Waals surface area (Å²) in [4.78, 5) is 13.5. The lowest BCUT2D eigenvalue weighted by Crippen LogP contribution is -2.22. The maximum Gasteiger partial charge on any atom is 0.226 e. The molecule has 1 atom stereocenters. The maximum absolute atomic E-state index is 4.51. The fraction of sp³-hybridized carbons (Fsp3) is 0.600. The van der Waals surface area contributed by atoms with Gasteiger partial charge >= 0.3 is 0 Å². The lowest BCUT2D eigenvalue weighted by atomic mass is 10.4. The van der Waals surface area contributed by atoms with Gasteiger partial charge in [0, 0.05) is 38.2 Å². The smallest absolute Gasteiger partial charge is 0.226 e. The molecule has 0 amide bonds. The Morgan fingerprint density at radius 2 is 2.33 bits per heavy atom. The highest BCUT2D eigenvalue weighted by atomic mass is 79.9. The molecule has 0 N–H and O–H groups in total. The Hall–Kier alpha value is -0.840.